The van der Waals surface area contributed by atoms with Gasteiger partial charge in [-0.2, -0.15) is 0 Å². The van der Waals surface area contributed by atoms with Crippen LogP contribution in [0.1, 0.15) is 11.1 Å². The van der Waals surface area contributed by atoms with Crippen molar-refractivity contribution in [2.75, 3.05) is 15.8 Å². The maximum atomic E-state index is 12.9. The van der Waals surface area contributed by atoms with Crippen molar-refractivity contribution in [3.05, 3.63) is 88.7 Å². The van der Waals surface area contributed by atoms with Crippen molar-refractivity contribution in [2.45, 2.75) is 17.6 Å². The minimum Gasteiger partial charge on any atom is -0.325 e. The first-order chi connectivity index (χ1) is 14.7. The molecule has 0 unspecified atom stereocenters. The van der Waals surface area contributed by atoms with Crippen LogP contribution < -0.4 is 10.0 Å². The number of hydrogen-bond donors (Lipinski definition) is 2. The van der Waals surface area contributed by atoms with Gasteiger partial charge < -0.3 is 5.32 Å². The Hall–Kier alpha value is -2.55. The lowest BCUT2D eigenvalue weighted by atomic mass is 10.2. The third-order valence-electron chi connectivity index (χ3n) is 4.29. The molecule has 31 heavy (non-hydrogen) atoms. The number of benzene rings is 3. The molecule has 0 bridgehead atoms. The molecule has 0 fully saturated rings. The smallest absolute Gasteiger partial charge is 0.261 e. The third kappa shape index (κ3) is 6.72. The van der Waals surface area contributed by atoms with Crippen LogP contribution in [-0.2, 0) is 20.6 Å². The number of thioether (sulfide) groups is 1. The monoisotopic (exact) mass is 478 g/mol. The van der Waals surface area contributed by atoms with Crippen LogP contribution in [0, 0.1) is 12.7 Å². The van der Waals surface area contributed by atoms with Crippen LogP contribution >= 0.6 is 23.4 Å². The fraction of sp³-hybridized carbons (Fsp3) is 0.136. The van der Waals surface area contributed by atoms with Gasteiger partial charge in [-0.1, -0.05) is 29.8 Å². The van der Waals surface area contributed by atoms with Gasteiger partial charge in [-0.15, -0.1) is 11.8 Å². The lowest BCUT2D eigenvalue weighted by molar-refractivity contribution is -0.113. The van der Waals surface area contributed by atoms with Crippen LogP contribution in [0.4, 0.5) is 15.8 Å². The Morgan fingerprint density at radius 3 is 2.29 bits per heavy atom. The summed E-state index contributed by atoms with van der Waals surface area (Å²) in [6.45, 7) is 1.83. The molecule has 0 saturated heterocycles. The lowest BCUT2D eigenvalue weighted by Crippen LogP contribution is -2.15. The fourth-order valence-electron chi connectivity index (χ4n) is 2.63. The van der Waals surface area contributed by atoms with Gasteiger partial charge >= 0.3 is 0 Å². The van der Waals surface area contributed by atoms with Crippen molar-refractivity contribution < 1.29 is 17.6 Å². The highest BCUT2D eigenvalue weighted by atomic mass is 35.5. The molecule has 2 N–H and O–H groups in total. The third-order valence-corrected chi connectivity index (χ3v) is 7.10. The Morgan fingerprint density at radius 1 is 1.00 bits per heavy atom. The normalized spacial score (nSPS) is 11.2. The molecule has 3 aromatic rings. The molecular weight excluding hydrogens is 459 g/mol. The first kappa shape index (κ1) is 23.1. The molecule has 0 spiro atoms. The number of halogens is 2. The van der Waals surface area contributed by atoms with Gasteiger partial charge in [0.2, 0.25) is 5.91 Å². The Balaban J connectivity index is 1.54. The number of amides is 1. The SMILES string of the molecule is Cc1ccc(NS(=O)(=O)c2ccc(NC(=O)CSCc3ccc(F)cc3)cc2)cc1Cl. The minimum absolute atomic E-state index is 0.0629. The summed E-state index contributed by atoms with van der Waals surface area (Å²) < 4.78 is 40.5. The fourth-order valence-corrected chi connectivity index (χ4v) is 4.64. The molecule has 0 heterocycles. The quantitative estimate of drug-likeness (QED) is 0.450. The molecule has 0 aliphatic rings. The summed E-state index contributed by atoms with van der Waals surface area (Å²) in [6, 6.07) is 16.9. The molecule has 9 heteroatoms. The van der Waals surface area contributed by atoms with E-state index < -0.39 is 10.0 Å². The van der Waals surface area contributed by atoms with E-state index >= 15 is 0 Å². The van der Waals surface area contributed by atoms with E-state index in [1.165, 1.54) is 48.2 Å². The van der Waals surface area contributed by atoms with Crippen LogP contribution in [0.3, 0.4) is 0 Å². The van der Waals surface area contributed by atoms with E-state index in [0.717, 1.165) is 11.1 Å². The zero-order valence-electron chi connectivity index (χ0n) is 16.6. The predicted molar refractivity (Wildman–Crippen MR) is 125 cm³/mol. The van der Waals surface area contributed by atoms with E-state index in [2.05, 4.69) is 10.0 Å². The van der Waals surface area contributed by atoms with Crippen LogP contribution in [0.5, 0.6) is 0 Å². The zero-order chi connectivity index (χ0) is 22.4. The Bertz CT molecular complexity index is 1170. The number of carbonyl (C=O) groups is 1. The first-order valence-corrected chi connectivity index (χ1v) is 12.3. The van der Waals surface area contributed by atoms with E-state index in [4.69, 9.17) is 11.6 Å². The van der Waals surface area contributed by atoms with Gasteiger partial charge in [0.15, 0.2) is 0 Å². The highest BCUT2D eigenvalue weighted by molar-refractivity contribution is 7.99. The van der Waals surface area contributed by atoms with Crippen LogP contribution in [0.15, 0.2) is 71.6 Å². The molecular formula is C22H20ClFN2O3S2. The van der Waals surface area contributed by atoms with Gasteiger partial charge in [0, 0.05) is 16.5 Å². The summed E-state index contributed by atoms with van der Waals surface area (Å²) >= 11 is 7.44. The summed E-state index contributed by atoms with van der Waals surface area (Å²) in [6.07, 6.45) is 0. The molecule has 162 valence electrons. The summed E-state index contributed by atoms with van der Waals surface area (Å²) in [5.41, 5.74) is 2.63. The van der Waals surface area contributed by atoms with Gasteiger partial charge in [0.05, 0.1) is 16.3 Å². The molecule has 0 saturated carbocycles. The highest BCUT2D eigenvalue weighted by Crippen LogP contribution is 2.23. The van der Waals surface area contributed by atoms with Crippen molar-refractivity contribution in [3.8, 4) is 0 Å². The summed E-state index contributed by atoms with van der Waals surface area (Å²) in [7, 11) is -3.79. The first-order valence-electron chi connectivity index (χ1n) is 9.24. The summed E-state index contributed by atoms with van der Waals surface area (Å²) in [5, 5.41) is 3.20. The average molecular weight is 479 g/mol. The predicted octanol–water partition coefficient (Wildman–Crippen LogP) is 5.46. The van der Waals surface area contributed by atoms with Gasteiger partial charge in [0.25, 0.3) is 10.0 Å². The van der Waals surface area contributed by atoms with E-state index in [1.54, 1.807) is 30.3 Å². The van der Waals surface area contributed by atoms with Crippen LogP contribution in [0.25, 0.3) is 0 Å². The number of aryl methyl sites for hydroxylation is 1. The largest absolute Gasteiger partial charge is 0.325 e. The summed E-state index contributed by atoms with van der Waals surface area (Å²) in [4.78, 5) is 12.2. The van der Waals surface area contributed by atoms with Crippen LogP contribution in [-0.4, -0.2) is 20.1 Å². The second kappa shape index (κ2) is 10.2. The number of carbonyl (C=O) groups excluding carboxylic acids is 1. The highest BCUT2D eigenvalue weighted by Gasteiger charge is 2.15. The number of hydrogen-bond acceptors (Lipinski definition) is 4. The van der Waals surface area contributed by atoms with E-state index in [0.29, 0.717) is 22.2 Å². The minimum atomic E-state index is -3.79. The molecule has 0 aromatic heterocycles. The molecule has 0 atom stereocenters. The topological polar surface area (TPSA) is 75.3 Å². The number of rotatable bonds is 8. The van der Waals surface area contributed by atoms with Gasteiger partial charge in [-0.3, -0.25) is 9.52 Å². The molecule has 0 aliphatic heterocycles. The van der Waals surface area contributed by atoms with E-state index in [1.807, 2.05) is 6.92 Å². The second-order valence-corrected chi connectivity index (χ2v) is 9.84. The van der Waals surface area contributed by atoms with Crippen molar-refractivity contribution in [3.63, 3.8) is 0 Å². The molecule has 0 radical (unpaired) electrons. The lowest BCUT2D eigenvalue weighted by Gasteiger charge is -2.10. The van der Waals surface area contributed by atoms with Crippen molar-refractivity contribution in [1.82, 2.24) is 0 Å². The molecule has 1 amide bonds. The maximum Gasteiger partial charge on any atom is 0.261 e. The standard InChI is InChI=1S/C22H20ClFN2O3S2/c1-15-2-7-19(12-21(15)23)26-31(28,29)20-10-8-18(9-11-20)25-22(27)14-30-13-16-3-5-17(24)6-4-16/h2-12,26H,13-14H2,1H3,(H,25,27). The van der Waals surface area contributed by atoms with E-state index in [9.17, 15) is 17.6 Å². The Morgan fingerprint density at radius 2 is 1.65 bits per heavy atom. The van der Waals surface area contributed by atoms with Crippen molar-refractivity contribution in [1.29, 1.82) is 0 Å². The number of sulfonamides is 1. The molecule has 0 aliphatic carbocycles. The van der Waals surface area contributed by atoms with Gasteiger partial charge in [-0.05, 0) is 66.6 Å². The molecule has 5 nitrogen and oxygen atoms in total. The van der Waals surface area contributed by atoms with Crippen molar-refractivity contribution >= 4 is 50.7 Å². The van der Waals surface area contributed by atoms with Crippen LogP contribution in [0.2, 0.25) is 5.02 Å². The molecule has 3 aromatic carbocycles. The average Bonchev–Trinajstić information content (AvgIpc) is 2.72. The summed E-state index contributed by atoms with van der Waals surface area (Å²) in [5.74, 6) is 0.289. The number of anilines is 2. The Kier molecular flexibility index (Phi) is 7.59. The zero-order valence-corrected chi connectivity index (χ0v) is 19.0. The van der Waals surface area contributed by atoms with Gasteiger partial charge in [0.1, 0.15) is 5.82 Å². The molecule has 3 rings (SSSR count). The maximum absolute atomic E-state index is 12.9. The number of nitrogens with one attached hydrogen (secondary N) is 2. The van der Waals surface area contributed by atoms with Crippen molar-refractivity contribution in [2.24, 2.45) is 0 Å². The van der Waals surface area contributed by atoms with Gasteiger partial charge in [-0.25, -0.2) is 12.8 Å². The van der Waals surface area contributed by atoms with E-state index in [-0.39, 0.29) is 22.4 Å². The Labute approximate surface area is 190 Å². The second-order valence-electron chi connectivity index (χ2n) is 6.76.